The minimum Gasteiger partial charge on any atom is -0.0939 e. The van der Waals surface area contributed by atoms with E-state index in [-0.39, 0.29) is 0 Å². The second kappa shape index (κ2) is 37.6. The lowest BCUT2D eigenvalue weighted by Gasteiger charge is -2.12. The third-order valence-corrected chi connectivity index (χ3v) is 13.3. The average Bonchev–Trinajstić information content (AvgIpc) is 2.97. The van der Waals surface area contributed by atoms with Crippen molar-refractivity contribution in [3.8, 4) is 0 Å². The molecule has 0 amide bonds. The van der Waals surface area contributed by atoms with Gasteiger partial charge in [0.15, 0.2) is 0 Å². The summed E-state index contributed by atoms with van der Waals surface area (Å²) in [5.41, 5.74) is 0. The Hall–Kier alpha value is 0.532. The Bertz CT molecular complexity index is 357. The van der Waals surface area contributed by atoms with Crippen molar-refractivity contribution >= 4 is 14.1 Å². The van der Waals surface area contributed by atoms with Crippen LogP contribution >= 0.6 is 0 Å². The lowest BCUT2D eigenvalue weighted by molar-refractivity contribution is 0.550. The summed E-state index contributed by atoms with van der Waals surface area (Å²) < 4.78 is 0. The summed E-state index contributed by atoms with van der Waals surface area (Å²) in [5, 5.41) is 5.02. The van der Waals surface area contributed by atoms with E-state index in [0.29, 0.717) is 0 Å². The zero-order valence-electron chi connectivity index (χ0n) is 29.0. The highest BCUT2D eigenvalue weighted by atomic mass is 27.2. The molecule has 0 aliphatic carbocycles. The van der Waals surface area contributed by atoms with Crippen LogP contribution in [0, 0.1) is 0 Å². The molecule has 0 saturated heterocycles. The van der Waals surface area contributed by atoms with Gasteiger partial charge in [0.2, 0.25) is 0 Å². The largest absolute Gasteiger partial charge is 0.261 e. The molecule has 40 heavy (non-hydrogen) atoms. The Morgan fingerprint density at radius 1 is 0.200 bits per heavy atom. The highest BCUT2D eigenvalue weighted by Crippen LogP contribution is 2.21. The third kappa shape index (κ3) is 34.7. The van der Waals surface area contributed by atoms with Crippen LogP contribution in [-0.4, -0.2) is 14.1 Å². The van der Waals surface area contributed by atoms with Crippen molar-refractivity contribution < 1.29 is 0 Å². The maximum absolute atomic E-state index is 2.32. The smallest absolute Gasteiger partial charge is 0.0939 e. The average molecular weight is 577 g/mol. The van der Waals surface area contributed by atoms with E-state index in [1.807, 2.05) is 0 Å². The van der Waals surface area contributed by atoms with Crippen LogP contribution in [0.2, 0.25) is 15.8 Å². The molecule has 0 N–H and O–H groups in total. The van der Waals surface area contributed by atoms with Gasteiger partial charge in [-0.3, -0.25) is 0 Å². The summed E-state index contributed by atoms with van der Waals surface area (Å²) in [4.78, 5) is 0. The molecule has 0 spiro atoms. The van der Waals surface area contributed by atoms with Crippen molar-refractivity contribution in [2.75, 3.05) is 0 Å². The predicted molar refractivity (Wildman–Crippen MR) is 190 cm³/mol. The van der Waals surface area contributed by atoms with E-state index in [1.54, 1.807) is 35.1 Å². The summed E-state index contributed by atoms with van der Waals surface area (Å²) in [6.07, 6.45) is 49.3. The SMILES string of the molecule is CCCCCCCCCCCC[CH2][Al]([CH2]CCCCCCCCCCCC)[CH2]CCCCCCCCCCCC. The summed E-state index contributed by atoms with van der Waals surface area (Å²) >= 11 is -0.478. The molecule has 240 valence electrons. The van der Waals surface area contributed by atoms with Crippen molar-refractivity contribution in [3.05, 3.63) is 0 Å². The first-order valence-electron chi connectivity index (χ1n) is 19.8. The first-order chi connectivity index (χ1) is 19.8. The number of rotatable bonds is 36. The molecule has 0 aromatic rings. The Morgan fingerprint density at radius 3 is 0.525 bits per heavy atom. The number of hydrogen-bond acceptors (Lipinski definition) is 0. The predicted octanol–water partition coefficient (Wildman–Crippen LogP) is 15.4. The van der Waals surface area contributed by atoms with Crippen LogP contribution in [0.25, 0.3) is 0 Å². The maximum Gasteiger partial charge on any atom is 0.261 e. The van der Waals surface area contributed by atoms with Gasteiger partial charge in [-0.05, 0) is 0 Å². The minimum atomic E-state index is -0.478. The molecule has 0 atom stereocenters. The fourth-order valence-electron chi connectivity index (χ4n) is 6.72. The van der Waals surface area contributed by atoms with Crippen molar-refractivity contribution in [2.45, 2.75) is 249 Å². The molecule has 0 bridgehead atoms. The van der Waals surface area contributed by atoms with Crippen LogP contribution in [-0.2, 0) is 0 Å². The molecule has 0 nitrogen and oxygen atoms in total. The molecule has 0 aliphatic rings. The molecule has 0 aromatic heterocycles. The van der Waals surface area contributed by atoms with Gasteiger partial charge in [-0.2, -0.15) is 0 Å². The second-order valence-electron chi connectivity index (χ2n) is 13.8. The van der Waals surface area contributed by atoms with Gasteiger partial charge in [-0.15, -0.1) is 0 Å². The molecular formula is C39H81Al. The Morgan fingerprint density at radius 2 is 0.350 bits per heavy atom. The van der Waals surface area contributed by atoms with Crippen LogP contribution in [0.4, 0.5) is 0 Å². The monoisotopic (exact) mass is 577 g/mol. The van der Waals surface area contributed by atoms with E-state index in [1.165, 1.54) is 193 Å². The van der Waals surface area contributed by atoms with Crippen LogP contribution in [0.1, 0.15) is 233 Å². The van der Waals surface area contributed by atoms with Gasteiger partial charge in [-0.1, -0.05) is 249 Å². The lowest BCUT2D eigenvalue weighted by Crippen LogP contribution is -2.12. The lowest BCUT2D eigenvalue weighted by atomic mass is 10.1. The van der Waals surface area contributed by atoms with Crippen molar-refractivity contribution in [1.82, 2.24) is 0 Å². The molecule has 0 saturated carbocycles. The van der Waals surface area contributed by atoms with Gasteiger partial charge in [0.05, 0.1) is 0 Å². The van der Waals surface area contributed by atoms with Gasteiger partial charge < -0.3 is 0 Å². The Labute approximate surface area is 261 Å². The summed E-state index contributed by atoms with van der Waals surface area (Å²) in [5.74, 6) is 0. The molecule has 0 heterocycles. The number of hydrogen-bond donors (Lipinski definition) is 0. The van der Waals surface area contributed by atoms with E-state index < -0.39 is 14.1 Å². The molecule has 0 aromatic carbocycles. The van der Waals surface area contributed by atoms with Crippen LogP contribution in [0.5, 0.6) is 0 Å². The van der Waals surface area contributed by atoms with Gasteiger partial charge in [0.25, 0.3) is 14.1 Å². The molecule has 0 radical (unpaired) electrons. The summed E-state index contributed by atoms with van der Waals surface area (Å²) in [6.45, 7) is 6.97. The molecular weight excluding hydrogens is 495 g/mol. The summed E-state index contributed by atoms with van der Waals surface area (Å²) in [6, 6.07) is 0. The van der Waals surface area contributed by atoms with E-state index >= 15 is 0 Å². The van der Waals surface area contributed by atoms with E-state index in [9.17, 15) is 0 Å². The first-order valence-corrected chi connectivity index (χ1v) is 22.3. The Kier molecular flexibility index (Phi) is 38.1. The fraction of sp³-hybridized carbons (Fsp3) is 1.00. The first kappa shape index (κ1) is 40.5. The van der Waals surface area contributed by atoms with Gasteiger partial charge in [0.1, 0.15) is 0 Å². The van der Waals surface area contributed by atoms with Crippen LogP contribution in [0.3, 0.4) is 0 Å². The standard InChI is InChI=1S/3C13H27.Al/c3*1-3-5-7-9-11-13-12-10-8-6-4-2;/h3*1,3-13H2,2H3;. The van der Waals surface area contributed by atoms with E-state index in [2.05, 4.69) is 20.8 Å². The van der Waals surface area contributed by atoms with Crippen LogP contribution < -0.4 is 0 Å². The molecule has 0 rings (SSSR count). The fourth-order valence-corrected chi connectivity index (χ4v) is 10.2. The Balaban J connectivity index is 3.89. The molecule has 0 fully saturated rings. The summed E-state index contributed by atoms with van der Waals surface area (Å²) in [7, 11) is 0. The highest BCUT2D eigenvalue weighted by molar-refractivity contribution is 6.58. The van der Waals surface area contributed by atoms with Crippen LogP contribution in [0.15, 0.2) is 0 Å². The van der Waals surface area contributed by atoms with Crippen molar-refractivity contribution in [2.24, 2.45) is 0 Å². The van der Waals surface area contributed by atoms with Crippen molar-refractivity contribution in [3.63, 3.8) is 0 Å². The quantitative estimate of drug-likeness (QED) is 0.0514. The van der Waals surface area contributed by atoms with E-state index in [0.717, 1.165) is 0 Å². The molecule has 0 aliphatic heterocycles. The third-order valence-electron chi connectivity index (χ3n) is 9.65. The molecule has 1 heteroatoms. The highest BCUT2D eigenvalue weighted by Gasteiger charge is 2.15. The normalized spacial score (nSPS) is 11.5. The number of unbranched alkanes of at least 4 members (excludes halogenated alkanes) is 30. The van der Waals surface area contributed by atoms with E-state index in [4.69, 9.17) is 0 Å². The van der Waals surface area contributed by atoms with Gasteiger partial charge >= 0.3 is 0 Å². The van der Waals surface area contributed by atoms with Gasteiger partial charge in [-0.25, -0.2) is 0 Å². The second-order valence-corrected chi connectivity index (χ2v) is 17.3. The maximum atomic E-state index is 2.32. The van der Waals surface area contributed by atoms with Crippen molar-refractivity contribution in [1.29, 1.82) is 0 Å². The zero-order chi connectivity index (χ0) is 29.0. The van der Waals surface area contributed by atoms with Gasteiger partial charge in [0, 0.05) is 0 Å². The topological polar surface area (TPSA) is 0 Å². The minimum absolute atomic E-state index is 0.478. The molecule has 0 unspecified atom stereocenters. The zero-order valence-corrected chi connectivity index (χ0v) is 30.2.